The third-order valence-corrected chi connectivity index (χ3v) is 6.44. The minimum Gasteiger partial charge on any atom is -0.497 e. The highest BCUT2D eigenvalue weighted by Crippen LogP contribution is 2.31. The van der Waals surface area contributed by atoms with Gasteiger partial charge in [-0.05, 0) is 57.5 Å². The van der Waals surface area contributed by atoms with Crippen LogP contribution in [0.25, 0.3) is 0 Å². The molecule has 0 N–H and O–H groups in total. The van der Waals surface area contributed by atoms with Gasteiger partial charge in [-0.15, -0.1) is 0 Å². The zero-order chi connectivity index (χ0) is 24.1. The van der Waals surface area contributed by atoms with Crippen LogP contribution in [-0.2, 0) is 28.6 Å². The summed E-state index contributed by atoms with van der Waals surface area (Å²) in [5, 5.41) is 0. The van der Waals surface area contributed by atoms with E-state index in [9.17, 15) is 18.0 Å². The molecule has 0 amide bonds. The van der Waals surface area contributed by atoms with E-state index in [1.54, 1.807) is 37.3 Å². The average Bonchev–Trinajstić information content (AvgIpc) is 2.77. The molecule has 0 radical (unpaired) electrons. The topological polar surface area (TPSA) is 105 Å². The number of aryl methyl sites for hydroxylation is 1. The van der Waals surface area contributed by atoms with Crippen LogP contribution in [0.2, 0.25) is 0 Å². The van der Waals surface area contributed by atoms with Gasteiger partial charge in [0.25, 0.3) is 10.1 Å². The van der Waals surface area contributed by atoms with Gasteiger partial charge in [0, 0.05) is 6.07 Å². The molecular formula is C23H28O8S. The van der Waals surface area contributed by atoms with E-state index in [2.05, 4.69) is 0 Å². The molecule has 2 atom stereocenters. The van der Waals surface area contributed by atoms with Gasteiger partial charge in [-0.2, -0.15) is 8.42 Å². The van der Waals surface area contributed by atoms with Crippen LogP contribution in [0.4, 0.5) is 0 Å². The van der Waals surface area contributed by atoms with Gasteiger partial charge in [-0.25, -0.2) is 0 Å². The standard InChI is InChI=1S/C23H28O8S/c1-15-7-9-21(10-8-15)32(26,27)30-14-23(4,17(3)24)22(25)31-16(2)18-11-19(28-5)13-20(12-18)29-6/h7-13,16H,14H2,1-6H3. The average molecular weight is 465 g/mol. The van der Waals surface area contributed by atoms with Gasteiger partial charge < -0.3 is 14.2 Å². The van der Waals surface area contributed by atoms with Crippen LogP contribution in [0.5, 0.6) is 11.5 Å². The number of hydrogen-bond acceptors (Lipinski definition) is 8. The predicted molar refractivity (Wildman–Crippen MR) is 117 cm³/mol. The van der Waals surface area contributed by atoms with Gasteiger partial charge in [-0.1, -0.05) is 17.7 Å². The van der Waals surface area contributed by atoms with E-state index in [0.717, 1.165) is 5.56 Å². The van der Waals surface area contributed by atoms with Crippen molar-refractivity contribution in [2.75, 3.05) is 20.8 Å². The predicted octanol–water partition coefficient (Wildman–Crippen LogP) is 3.62. The fourth-order valence-corrected chi connectivity index (χ4v) is 3.69. The molecule has 0 saturated heterocycles. The smallest absolute Gasteiger partial charge is 0.322 e. The summed E-state index contributed by atoms with van der Waals surface area (Å²) in [5.74, 6) is -0.483. The first-order valence-electron chi connectivity index (χ1n) is 9.84. The van der Waals surface area contributed by atoms with E-state index in [-0.39, 0.29) is 4.90 Å². The Hall–Kier alpha value is -2.91. The van der Waals surface area contributed by atoms with E-state index in [1.807, 2.05) is 6.92 Å². The number of benzene rings is 2. The van der Waals surface area contributed by atoms with E-state index >= 15 is 0 Å². The Kier molecular flexibility index (Phi) is 8.03. The SMILES string of the molecule is COc1cc(OC)cc(C(C)OC(=O)C(C)(COS(=O)(=O)c2ccc(C)cc2)C(C)=O)c1. The minimum atomic E-state index is -4.17. The number of ether oxygens (including phenoxy) is 3. The monoisotopic (exact) mass is 464 g/mol. The number of Topliss-reactive ketones (excluding diaryl/α,β-unsaturated/α-hetero) is 1. The molecule has 32 heavy (non-hydrogen) atoms. The molecule has 0 fully saturated rings. The van der Waals surface area contributed by atoms with Crippen molar-refractivity contribution in [2.45, 2.75) is 38.7 Å². The maximum atomic E-state index is 12.9. The first kappa shape index (κ1) is 25.4. The zero-order valence-corrected chi connectivity index (χ0v) is 19.8. The van der Waals surface area contributed by atoms with Gasteiger partial charge in [0.15, 0.2) is 0 Å². The molecule has 0 aromatic heterocycles. The fourth-order valence-electron chi connectivity index (χ4n) is 2.70. The van der Waals surface area contributed by atoms with E-state index in [1.165, 1.54) is 40.2 Å². The lowest BCUT2D eigenvalue weighted by Crippen LogP contribution is -2.41. The van der Waals surface area contributed by atoms with Gasteiger partial charge in [0.05, 0.1) is 25.7 Å². The van der Waals surface area contributed by atoms with E-state index < -0.39 is 40.0 Å². The molecular weight excluding hydrogens is 436 g/mol. The molecule has 0 aliphatic heterocycles. The Labute approximate surface area is 188 Å². The van der Waals surface area contributed by atoms with Crippen molar-refractivity contribution in [3.05, 3.63) is 53.6 Å². The number of hydrogen-bond donors (Lipinski definition) is 0. The Morgan fingerprint density at radius 3 is 2.00 bits per heavy atom. The highest BCUT2D eigenvalue weighted by atomic mass is 32.2. The number of methoxy groups -OCH3 is 2. The van der Waals surface area contributed by atoms with Gasteiger partial charge in [-0.3, -0.25) is 13.8 Å². The fraction of sp³-hybridized carbons (Fsp3) is 0.391. The van der Waals surface area contributed by atoms with Crippen LogP contribution in [0.1, 0.15) is 38.0 Å². The van der Waals surface area contributed by atoms with Crippen LogP contribution in [0, 0.1) is 12.3 Å². The summed E-state index contributed by atoms with van der Waals surface area (Å²) in [6.45, 7) is 5.23. The lowest BCUT2D eigenvalue weighted by Gasteiger charge is -2.26. The lowest BCUT2D eigenvalue weighted by atomic mass is 9.87. The summed E-state index contributed by atoms with van der Waals surface area (Å²) in [4.78, 5) is 25.2. The maximum Gasteiger partial charge on any atom is 0.322 e. The van der Waals surface area contributed by atoms with Crippen LogP contribution >= 0.6 is 0 Å². The third-order valence-electron chi connectivity index (χ3n) is 5.17. The molecule has 8 nitrogen and oxygen atoms in total. The Morgan fingerprint density at radius 2 is 1.53 bits per heavy atom. The van der Waals surface area contributed by atoms with E-state index in [4.69, 9.17) is 18.4 Å². The van der Waals surface area contributed by atoms with Gasteiger partial charge in [0.1, 0.15) is 28.8 Å². The second-order valence-corrected chi connectivity index (χ2v) is 9.23. The molecule has 0 spiro atoms. The molecule has 174 valence electrons. The molecule has 2 rings (SSSR count). The molecule has 2 unspecified atom stereocenters. The molecule has 0 aliphatic rings. The van der Waals surface area contributed by atoms with Crippen molar-refractivity contribution < 1.29 is 36.4 Å². The molecule has 0 saturated carbocycles. The highest BCUT2D eigenvalue weighted by molar-refractivity contribution is 7.86. The van der Waals surface area contributed by atoms with E-state index in [0.29, 0.717) is 17.1 Å². The molecule has 2 aromatic rings. The normalized spacial score (nSPS) is 14.2. The van der Waals surface area contributed by atoms with Crippen LogP contribution in [-0.4, -0.2) is 41.0 Å². The second kappa shape index (κ2) is 10.1. The summed E-state index contributed by atoms with van der Waals surface area (Å²) in [6.07, 6.45) is -0.765. The molecule has 0 heterocycles. The number of rotatable bonds is 10. The minimum absolute atomic E-state index is 0.0702. The first-order valence-corrected chi connectivity index (χ1v) is 11.2. The summed E-state index contributed by atoms with van der Waals surface area (Å²) < 4.78 is 46.0. The van der Waals surface area contributed by atoms with Crippen molar-refractivity contribution in [1.29, 1.82) is 0 Å². The lowest BCUT2D eigenvalue weighted by molar-refractivity contribution is -0.165. The zero-order valence-electron chi connectivity index (χ0n) is 19.0. The quantitative estimate of drug-likeness (QED) is 0.298. The third kappa shape index (κ3) is 5.86. The Balaban J connectivity index is 2.20. The van der Waals surface area contributed by atoms with Gasteiger partial charge in [0.2, 0.25) is 0 Å². The number of carbonyl (C=O) groups excluding carboxylic acids is 2. The molecule has 0 bridgehead atoms. The van der Waals surface area contributed by atoms with Crippen molar-refractivity contribution in [3.8, 4) is 11.5 Å². The number of carbonyl (C=O) groups is 2. The maximum absolute atomic E-state index is 12.9. The van der Waals surface area contributed by atoms with Gasteiger partial charge >= 0.3 is 5.97 Å². The van der Waals surface area contributed by atoms with Crippen LogP contribution < -0.4 is 9.47 Å². The molecule has 9 heteroatoms. The first-order chi connectivity index (χ1) is 14.9. The van der Waals surface area contributed by atoms with Crippen molar-refractivity contribution in [3.63, 3.8) is 0 Å². The number of esters is 1. The summed E-state index contributed by atoms with van der Waals surface area (Å²) in [6, 6.07) is 11.0. The van der Waals surface area contributed by atoms with Crippen molar-refractivity contribution in [1.82, 2.24) is 0 Å². The second-order valence-electron chi connectivity index (χ2n) is 7.61. The Morgan fingerprint density at radius 1 is 1.00 bits per heavy atom. The van der Waals surface area contributed by atoms with Crippen molar-refractivity contribution >= 4 is 21.9 Å². The summed E-state index contributed by atoms with van der Waals surface area (Å²) in [7, 11) is -1.18. The molecule has 0 aliphatic carbocycles. The van der Waals surface area contributed by atoms with Crippen molar-refractivity contribution in [2.24, 2.45) is 5.41 Å². The summed E-state index contributed by atoms with van der Waals surface area (Å²) in [5.41, 5.74) is -0.368. The summed E-state index contributed by atoms with van der Waals surface area (Å²) >= 11 is 0. The highest BCUT2D eigenvalue weighted by Gasteiger charge is 2.43. The number of ketones is 1. The molecule has 2 aromatic carbocycles. The largest absolute Gasteiger partial charge is 0.497 e. The van der Waals surface area contributed by atoms with Crippen LogP contribution in [0.3, 0.4) is 0 Å². The Bertz CT molecular complexity index is 1050. The van der Waals surface area contributed by atoms with Crippen LogP contribution in [0.15, 0.2) is 47.4 Å².